The van der Waals surface area contributed by atoms with Gasteiger partial charge in [-0.1, -0.05) is 36.7 Å². The molecule has 1 unspecified atom stereocenters. The number of rotatable bonds is 3. The summed E-state index contributed by atoms with van der Waals surface area (Å²) in [6, 6.07) is 11.9. The van der Waals surface area contributed by atoms with Gasteiger partial charge in [-0.3, -0.25) is 0 Å². The number of nitrogens with zero attached hydrogens (tertiary/aromatic N) is 1. The molecule has 1 nitrogen and oxygen atoms in total. The average Bonchev–Trinajstić information content (AvgIpc) is 2.93. The zero-order valence-corrected chi connectivity index (χ0v) is 13.1. The van der Waals surface area contributed by atoms with Gasteiger partial charge < -0.3 is 4.90 Å². The van der Waals surface area contributed by atoms with Crippen LogP contribution in [0.1, 0.15) is 25.8 Å². The van der Waals surface area contributed by atoms with Crippen molar-refractivity contribution < 1.29 is 4.39 Å². The molecule has 0 fully saturated rings. The van der Waals surface area contributed by atoms with Crippen molar-refractivity contribution in [2.45, 2.75) is 32.7 Å². The Morgan fingerprint density at radius 3 is 2.81 bits per heavy atom. The van der Waals surface area contributed by atoms with E-state index in [0.29, 0.717) is 6.04 Å². The summed E-state index contributed by atoms with van der Waals surface area (Å²) in [4.78, 5) is 2.46. The summed E-state index contributed by atoms with van der Waals surface area (Å²) < 4.78 is 13.4. The molecule has 0 saturated heterocycles. The molecule has 110 valence electrons. The van der Waals surface area contributed by atoms with E-state index >= 15 is 0 Å². The fraction of sp³-hybridized carbons (Fsp3) is 0.333. The molecule has 1 atom stereocenters. The zero-order chi connectivity index (χ0) is 15.0. The zero-order valence-electron chi connectivity index (χ0n) is 12.4. The Morgan fingerprint density at radius 1 is 1.29 bits per heavy atom. The van der Waals surface area contributed by atoms with Gasteiger partial charge in [0.1, 0.15) is 5.82 Å². The summed E-state index contributed by atoms with van der Waals surface area (Å²) in [6.45, 7) is 5.53. The molecule has 0 radical (unpaired) electrons. The minimum absolute atomic E-state index is 0.182. The van der Waals surface area contributed by atoms with E-state index in [-0.39, 0.29) is 10.8 Å². The second-order valence-electron chi connectivity index (χ2n) is 5.63. The van der Waals surface area contributed by atoms with E-state index in [9.17, 15) is 4.39 Å². The van der Waals surface area contributed by atoms with Crippen LogP contribution in [0.3, 0.4) is 0 Å². The van der Waals surface area contributed by atoms with Crippen LogP contribution in [0.5, 0.6) is 0 Å². The first kappa shape index (κ1) is 14.4. The third-order valence-electron chi connectivity index (χ3n) is 4.42. The Labute approximate surface area is 130 Å². The molecule has 0 amide bonds. The van der Waals surface area contributed by atoms with Crippen LogP contribution in [0.25, 0.3) is 11.1 Å². The van der Waals surface area contributed by atoms with E-state index in [1.54, 1.807) is 6.07 Å². The highest BCUT2D eigenvalue weighted by Gasteiger charge is 2.24. The Hall–Kier alpha value is -1.54. The highest BCUT2D eigenvalue weighted by molar-refractivity contribution is 6.31. The summed E-state index contributed by atoms with van der Waals surface area (Å²) in [7, 11) is 0. The van der Waals surface area contributed by atoms with Gasteiger partial charge in [0.05, 0.1) is 5.02 Å². The minimum Gasteiger partial charge on any atom is -0.368 e. The molecule has 0 aliphatic carbocycles. The number of benzene rings is 2. The monoisotopic (exact) mass is 303 g/mol. The second kappa shape index (κ2) is 5.69. The van der Waals surface area contributed by atoms with Crippen molar-refractivity contribution in [2.75, 3.05) is 11.4 Å². The van der Waals surface area contributed by atoms with Crippen molar-refractivity contribution in [1.29, 1.82) is 0 Å². The predicted molar refractivity (Wildman–Crippen MR) is 87.6 cm³/mol. The quantitative estimate of drug-likeness (QED) is 0.743. The molecule has 0 aromatic heterocycles. The largest absolute Gasteiger partial charge is 0.368 e. The van der Waals surface area contributed by atoms with Crippen LogP contribution in [-0.2, 0) is 6.42 Å². The smallest absolute Gasteiger partial charge is 0.141 e. The maximum atomic E-state index is 13.4. The molecular formula is C18H19ClFN. The summed E-state index contributed by atoms with van der Waals surface area (Å²) in [6.07, 6.45) is 2.16. The van der Waals surface area contributed by atoms with E-state index in [1.165, 1.54) is 22.9 Å². The molecule has 2 aromatic carbocycles. The summed E-state index contributed by atoms with van der Waals surface area (Å²) in [5, 5.41) is 0.182. The summed E-state index contributed by atoms with van der Waals surface area (Å²) in [5.74, 6) is -0.366. The highest BCUT2D eigenvalue weighted by Crippen LogP contribution is 2.38. The van der Waals surface area contributed by atoms with Gasteiger partial charge in [0, 0.05) is 18.3 Å². The number of anilines is 1. The van der Waals surface area contributed by atoms with Gasteiger partial charge >= 0.3 is 0 Å². The second-order valence-corrected chi connectivity index (χ2v) is 6.04. The van der Waals surface area contributed by atoms with Gasteiger partial charge in [-0.2, -0.15) is 0 Å². The van der Waals surface area contributed by atoms with Crippen LogP contribution < -0.4 is 4.90 Å². The minimum atomic E-state index is -0.366. The molecule has 0 bridgehead atoms. The lowest BCUT2D eigenvalue weighted by Crippen LogP contribution is -2.30. The molecule has 1 aliphatic rings. The van der Waals surface area contributed by atoms with Crippen LogP contribution in [-0.4, -0.2) is 12.6 Å². The van der Waals surface area contributed by atoms with Gasteiger partial charge in [-0.25, -0.2) is 4.39 Å². The third-order valence-corrected chi connectivity index (χ3v) is 4.71. The first-order valence-electron chi connectivity index (χ1n) is 7.45. The fourth-order valence-corrected chi connectivity index (χ4v) is 3.25. The maximum Gasteiger partial charge on any atom is 0.141 e. The molecule has 1 aliphatic heterocycles. The number of hydrogen-bond donors (Lipinski definition) is 0. The van der Waals surface area contributed by atoms with Crippen molar-refractivity contribution in [1.82, 2.24) is 0 Å². The molecule has 1 heterocycles. The molecule has 2 aromatic rings. The van der Waals surface area contributed by atoms with Gasteiger partial charge in [-0.15, -0.1) is 0 Å². The molecule has 0 N–H and O–H groups in total. The Morgan fingerprint density at radius 2 is 2.10 bits per heavy atom. The van der Waals surface area contributed by atoms with Crippen molar-refractivity contribution in [3.8, 4) is 11.1 Å². The van der Waals surface area contributed by atoms with Gasteiger partial charge in [0.25, 0.3) is 0 Å². The molecule has 0 saturated carbocycles. The SMILES string of the molecule is CCC(C)N1CCc2c(-c3ccc(F)c(Cl)c3)cccc21. The van der Waals surface area contributed by atoms with E-state index < -0.39 is 0 Å². The van der Waals surface area contributed by atoms with Crippen molar-refractivity contribution in [3.05, 3.63) is 52.8 Å². The lowest BCUT2D eigenvalue weighted by molar-refractivity contribution is 0.628. The van der Waals surface area contributed by atoms with E-state index in [4.69, 9.17) is 11.6 Å². The van der Waals surface area contributed by atoms with Crippen LogP contribution in [0.4, 0.5) is 10.1 Å². The van der Waals surface area contributed by atoms with Crippen LogP contribution in [0.2, 0.25) is 5.02 Å². The van der Waals surface area contributed by atoms with Gasteiger partial charge in [0.2, 0.25) is 0 Å². The Bertz CT molecular complexity index is 668. The van der Waals surface area contributed by atoms with Crippen LogP contribution >= 0.6 is 11.6 Å². The number of hydrogen-bond acceptors (Lipinski definition) is 1. The molecule has 3 rings (SSSR count). The van der Waals surface area contributed by atoms with E-state index in [2.05, 4.69) is 36.9 Å². The molecule has 0 spiro atoms. The van der Waals surface area contributed by atoms with Crippen LogP contribution in [0.15, 0.2) is 36.4 Å². The Balaban J connectivity index is 2.06. The summed E-state index contributed by atoms with van der Waals surface area (Å²) >= 11 is 5.93. The number of halogens is 2. The first-order valence-corrected chi connectivity index (χ1v) is 7.83. The average molecular weight is 304 g/mol. The normalized spacial score (nSPS) is 15.1. The van der Waals surface area contributed by atoms with Gasteiger partial charge in [-0.05, 0) is 54.7 Å². The summed E-state index contributed by atoms with van der Waals surface area (Å²) in [5.41, 5.74) is 4.81. The highest BCUT2D eigenvalue weighted by atomic mass is 35.5. The standard InChI is InChI=1S/C18H19ClFN/c1-3-12(2)21-10-9-15-14(5-4-6-18(15)21)13-7-8-17(20)16(19)11-13/h4-8,11-12H,3,9-10H2,1-2H3. The van der Waals surface area contributed by atoms with Crippen LogP contribution in [0, 0.1) is 5.82 Å². The van der Waals surface area contributed by atoms with E-state index in [1.807, 2.05) is 6.07 Å². The molecule has 21 heavy (non-hydrogen) atoms. The molecular weight excluding hydrogens is 285 g/mol. The van der Waals surface area contributed by atoms with Crippen molar-refractivity contribution >= 4 is 17.3 Å². The Kier molecular flexibility index (Phi) is 3.90. The lowest BCUT2D eigenvalue weighted by Gasteiger charge is -2.26. The molecule has 3 heteroatoms. The third kappa shape index (κ3) is 2.53. The fourth-order valence-electron chi connectivity index (χ4n) is 3.07. The predicted octanol–water partition coefficient (Wildman–Crippen LogP) is 5.31. The van der Waals surface area contributed by atoms with Crippen molar-refractivity contribution in [2.24, 2.45) is 0 Å². The first-order chi connectivity index (χ1) is 10.1. The van der Waals surface area contributed by atoms with E-state index in [0.717, 1.165) is 24.9 Å². The maximum absolute atomic E-state index is 13.4. The topological polar surface area (TPSA) is 3.24 Å². The lowest BCUT2D eigenvalue weighted by atomic mass is 9.98. The van der Waals surface area contributed by atoms with Crippen molar-refractivity contribution in [3.63, 3.8) is 0 Å². The van der Waals surface area contributed by atoms with Gasteiger partial charge in [0.15, 0.2) is 0 Å². The number of fused-ring (bicyclic) bond motifs is 1.